The third-order valence-electron chi connectivity index (χ3n) is 2.40. The summed E-state index contributed by atoms with van der Waals surface area (Å²) in [4.78, 5) is 6.77. The van der Waals surface area contributed by atoms with Gasteiger partial charge < -0.3 is 17.2 Å². The fraction of sp³-hybridized carbons (Fsp3) is 0.917. The third kappa shape index (κ3) is 10.4. The highest BCUT2D eigenvalue weighted by Gasteiger charge is 2.11. The Bertz CT molecular complexity index is 213. The molecule has 0 aliphatic rings. The lowest BCUT2D eigenvalue weighted by Crippen LogP contribution is -2.36. The summed E-state index contributed by atoms with van der Waals surface area (Å²) in [6, 6.07) is 0. The molecule has 5 heteroatoms. The van der Waals surface area contributed by atoms with Crippen molar-refractivity contribution in [2.45, 2.75) is 32.7 Å². The quantitative estimate of drug-likeness (QED) is 0.489. The van der Waals surface area contributed by atoms with Crippen molar-refractivity contribution in [1.29, 1.82) is 0 Å². The maximum Gasteiger partial charge on any atom is 0.0516 e. The monoisotopic (exact) mass is 243 g/mol. The number of nitrogens with zero attached hydrogens (tertiary/aromatic N) is 2. The van der Waals surface area contributed by atoms with Gasteiger partial charge >= 0.3 is 0 Å². The van der Waals surface area contributed by atoms with Gasteiger partial charge in [-0.25, -0.2) is 0 Å². The van der Waals surface area contributed by atoms with Crippen molar-refractivity contribution in [1.82, 2.24) is 4.90 Å². The minimum absolute atomic E-state index is 0.179. The molecule has 17 heavy (non-hydrogen) atoms. The Morgan fingerprint density at radius 3 is 2.06 bits per heavy atom. The lowest BCUT2D eigenvalue weighted by atomic mass is 10.00. The average molecular weight is 243 g/mol. The summed E-state index contributed by atoms with van der Waals surface area (Å²) >= 11 is 0. The summed E-state index contributed by atoms with van der Waals surface area (Å²) in [5.41, 5.74) is 17.9. The molecule has 0 heterocycles. The van der Waals surface area contributed by atoms with Crippen LogP contribution in [0.2, 0.25) is 0 Å². The van der Waals surface area contributed by atoms with Gasteiger partial charge in [-0.1, -0.05) is 0 Å². The molecular formula is C12H29N5. The molecule has 0 amide bonds. The highest BCUT2D eigenvalue weighted by molar-refractivity contribution is 5.82. The lowest BCUT2D eigenvalue weighted by molar-refractivity contribution is 0.297. The minimum atomic E-state index is -0.179. The maximum absolute atomic E-state index is 5.94. The van der Waals surface area contributed by atoms with Gasteiger partial charge in [0.15, 0.2) is 0 Å². The Balaban J connectivity index is 3.96. The van der Waals surface area contributed by atoms with Gasteiger partial charge in [0, 0.05) is 50.4 Å². The number of hydrogen-bond acceptors (Lipinski definition) is 5. The van der Waals surface area contributed by atoms with Crippen molar-refractivity contribution >= 4 is 5.71 Å². The van der Waals surface area contributed by atoms with E-state index in [1.54, 1.807) is 0 Å². The van der Waals surface area contributed by atoms with Crippen LogP contribution in [-0.4, -0.2) is 55.4 Å². The van der Waals surface area contributed by atoms with Gasteiger partial charge in [0.25, 0.3) is 0 Å². The molecule has 0 aromatic heterocycles. The standard InChI is InChI=1S/C12H29N5/c1-11(10-12(2,3)15)16-6-9-17(7-4-13)8-5-14/h4-10,13-15H2,1-3H3. The lowest BCUT2D eigenvalue weighted by Gasteiger charge is -2.20. The summed E-state index contributed by atoms with van der Waals surface area (Å²) < 4.78 is 0. The predicted molar refractivity (Wildman–Crippen MR) is 75.4 cm³/mol. The number of nitrogens with two attached hydrogens (primary N) is 3. The van der Waals surface area contributed by atoms with Crippen LogP contribution in [0.3, 0.4) is 0 Å². The van der Waals surface area contributed by atoms with Crippen LogP contribution in [-0.2, 0) is 0 Å². The molecular weight excluding hydrogens is 214 g/mol. The molecule has 0 fully saturated rings. The van der Waals surface area contributed by atoms with Crippen molar-refractivity contribution in [3.05, 3.63) is 0 Å². The van der Waals surface area contributed by atoms with E-state index in [1.165, 1.54) is 0 Å². The SMILES string of the molecule is CC(CC(C)(C)N)=NCCN(CCN)CCN. The summed E-state index contributed by atoms with van der Waals surface area (Å²) in [6.45, 7) is 10.9. The second kappa shape index (κ2) is 8.58. The highest BCUT2D eigenvalue weighted by Crippen LogP contribution is 2.04. The molecule has 0 rings (SSSR count). The number of aliphatic imine (C=N–C) groups is 1. The van der Waals surface area contributed by atoms with Crippen molar-refractivity contribution in [2.75, 3.05) is 39.3 Å². The van der Waals surface area contributed by atoms with Gasteiger partial charge in [0.2, 0.25) is 0 Å². The highest BCUT2D eigenvalue weighted by atomic mass is 15.1. The van der Waals surface area contributed by atoms with Crippen molar-refractivity contribution < 1.29 is 0 Å². The molecule has 0 aromatic carbocycles. The second-order valence-electron chi connectivity index (χ2n) is 5.20. The summed E-state index contributed by atoms with van der Waals surface area (Å²) in [5, 5.41) is 0. The van der Waals surface area contributed by atoms with E-state index >= 15 is 0 Å². The zero-order chi connectivity index (χ0) is 13.3. The largest absolute Gasteiger partial charge is 0.329 e. The first-order valence-electron chi connectivity index (χ1n) is 6.30. The number of hydrogen-bond donors (Lipinski definition) is 3. The van der Waals surface area contributed by atoms with E-state index < -0.39 is 0 Å². The van der Waals surface area contributed by atoms with E-state index in [0.29, 0.717) is 13.1 Å². The fourth-order valence-electron chi connectivity index (χ4n) is 1.80. The zero-order valence-electron chi connectivity index (χ0n) is 11.6. The van der Waals surface area contributed by atoms with Gasteiger partial charge in [0.05, 0.1) is 6.54 Å². The Morgan fingerprint density at radius 1 is 1.12 bits per heavy atom. The van der Waals surface area contributed by atoms with E-state index in [-0.39, 0.29) is 5.54 Å². The van der Waals surface area contributed by atoms with Crippen molar-refractivity contribution in [3.8, 4) is 0 Å². The van der Waals surface area contributed by atoms with Crippen LogP contribution >= 0.6 is 0 Å². The van der Waals surface area contributed by atoms with Crippen LogP contribution in [0.1, 0.15) is 27.2 Å². The predicted octanol–water partition coefficient (Wildman–Crippen LogP) is -0.206. The molecule has 0 saturated heterocycles. The van der Waals surface area contributed by atoms with Crippen molar-refractivity contribution in [3.63, 3.8) is 0 Å². The molecule has 0 aliphatic heterocycles. The Kier molecular flexibility index (Phi) is 8.33. The summed E-state index contributed by atoms with van der Waals surface area (Å²) in [6.07, 6.45) is 0.834. The molecule has 102 valence electrons. The summed E-state index contributed by atoms with van der Waals surface area (Å²) in [7, 11) is 0. The molecule has 0 radical (unpaired) electrons. The first kappa shape index (κ1) is 16.5. The number of rotatable bonds is 9. The molecule has 6 N–H and O–H groups in total. The molecule has 0 aliphatic carbocycles. The molecule has 0 spiro atoms. The van der Waals surface area contributed by atoms with Crippen LogP contribution in [0.15, 0.2) is 4.99 Å². The zero-order valence-corrected chi connectivity index (χ0v) is 11.6. The molecule has 0 bridgehead atoms. The maximum atomic E-state index is 5.94. The van der Waals surface area contributed by atoms with Gasteiger partial charge in [-0.2, -0.15) is 0 Å². The molecule has 0 aromatic rings. The smallest absolute Gasteiger partial charge is 0.0516 e. The van der Waals surface area contributed by atoms with E-state index in [0.717, 1.165) is 38.3 Å². The Morgan fingerprint density at radius 2 is 1.65 bits per heavy atom. The van der Waals surface area contributed by atoms with Gasteiger partial charge in [-0.3, -0.25) is 9.89 Å². The normalized spacial score (nSPS) is 13.5. The average Bonchev–Trinajstić information content (AvgIpc) is 2.15. The second-order valence-corrected chi connectivity index (χ2v) is 5.20. The molecule has 0 atom stereocenters. The molecule has 0 unspecified atom stereocenters. The molecule has 0 saturated carbocycles. The Hall–Kier alpha value is -0.490. The van der Waals surface area contributed by atoms with Crippen LogP contribution < -0.4 is 17.2 Å². The van der Waals surface area contributed by atoms with E-state index in [1.807, 2.05) is 20.8 Å². The molecule has 5 nitrogen and oxygen atoms in total. The van der Waals surface area contributed by atoms with E-state index in [4.69, 9.17) is 17.2 Å². The summed E-state index contributed by atoms with van der Waals surface area (Å²) in [5.74, 6) is 0. The minimum Gasteiger partial charge on any atom is -0.329 e. The fourth-order valence-corrected chi connectivity index (χ4v) is 1.80. The van der Waals surface area contributed by atoms with Crippen LogP contribution in [0.4, 0.5) is 0 Å². The van der Waals surface area contributed by atoms with E-state index in [2.05, 4.69) is 9.89 Å². The van der Waals surface area contributed by atoms with Crippen molar-refractivity contribution in [2.24, 2.45) is 22.2 Å². The van der Waals surface area contributed by atoms with Crippen LogP contribution in [0.5, 0.6) is 0 Å². The van der Waals surface area contributed by atoms with Gasteiger partial charge in [-0.15, -0.1) is 0 Å². The topological polar surface area (TPSA) is 93.7 Å². The first-order valence-corrected chi connectivity index (χ1v) is 6.30. The van der Waals surface area contributed by atoms with Gasteiger partial charge in [0.1, 0.15) is 0 Å². The van der Waals surface area contributed by atoms with Gasteiger partial charge in [-0.05, 0) is 20.8 Å². The van der Waals surface area contributed by atoms with E-state index in [9.17, 15) is 0 Å². The van der Waals surface area contributed by atoms with Crippen LogP contribution in [0, 0.1) is 0 Å². The first-order chi connectivity index (χ1) is 7.89. The van der Waals surface area contributed by atoms with Crippen LogP contribution in [0.25, 0.3) is 0 Å². The Labute approximate surface area is 105 Å². The third-order valence-corrected chi connectivity index (χ3v) is 2.40.